The summed E-state index contributed by atoms with van der Waals surface area (Å²) in [7, 11) is 1.60. The lowest BCUT2D eigenvalue weighted by molar-refractivity contribution is 0.0218. The second-order valence-corrected chi connectivity index (χ2v) is 9.56. The molecule has 1 amide bonds. The van der Waals surface area contributed by atoms with Gasteiger partial charge in [0.1, 0.15) is 12.2 Å². The predicted octanol–water partition coefficient (Wildman–Crippen LogP) is 2.95. The van der Waals surface area contributed by atoms with Crippen LogP contribution in [0.5, 0.6) is 11.9 Å². The minimum Gasteiger partial charge on any atom is -0.481 e. The number of nitrogens with zero attached hydrogens (tertiary/aromatic N) is 4. The Balaban J connectivity index is 1.50. The third kappa shape index (κ3) is 4.10. The van der Waals surface area contributed by atoms with Crippen LogP contribution in [-0.2, 0) is 17.7 Å². The molecule has 0 spiro atoms. The second kappa shape index (κ2) is 7.72. The van der Waals surface area contributed by atoms with Gasteiger partial charge in [-0.15, -0.1) is 0 Å². The fourth-order valence-electron chi connectivity index (χ4n) is 4.74. The Bertz CT molecular complexity index is 850. The Morgan fingerprint density at radius 3 is 2.77 bits per heavy atom. The Morgan fingerprint density at radius 1 is 1.23 bits per heavy atom. The molecule has 0 aromatic carbocycles. The van der Waals surface area contributed by atoms with Crippen LogP contribution in [0.1, 0.15) is 51.3 Å². The van der Waals surface area contributed by atoms with Crippen molar-refractivity contribution in [1.29, 1.82) is 0 Å². The van der Waals surface area contributed by atoms with Crippen molar-refractivity contribution >= 4 is 6.09 Å². The molecule has 8 heteroatoms. The van der Waals surface area contributed by atoms with Gasteiger partial charge in [0.2, 0.25) is 5.88 Å². The van der Waals surface area contributed by atoms with Crippen LogP contribution in [0.2, 0.25) is 0 Å². The summed E-state index contributed by atoms with van der Waals surface area (Å²) in [5.74, 6) is 0.524. The molecule has 2 saturated heterocycles. The third-order valence-corrected chi connectivity index (χ3v) is 6.06. The summed E-state index contributed by atoms with van der Waals surface area (Å²) in [6.07, 6.45) is 3.52. The maximum atomic E-state index is 12.5. The second-order valence-electron chi connectivity index (χ2n) is 9.56. The van der Waals surface area contributed by atoms with E-state index in [0.717, 1.165) is 37.2 Å². The third-order valence-electron chi connectivity index (χ3n) is 6.06. The zero-order valence-electron chi connectivity index (χ0n) is 18.5. The van der Waals surface area contributed by atoms with Crippen LogP contribution in [0.25, 0.3) is 0 Å². The number of amides is 1. The average molecular weight is 417 g/mol. The molecule has 4 heterocycles. The molecule has 2 fully saturated rings. The van der Waals surface area contributed by atoms with Crippen LogP contribution in [0, 0.1) is 0 Å². The van der Waals surface area contributed by atoms with Gasteiger partial charge < -0.3 is 19.1 Å². The van der Waals surface area contributed by atoms with E-state index in [1.54, 1.807) is 12.0 Å². The molecule has 1 aromatic heterocycles. The lowest BCUT2D eigenvalue weighted by Gasteiger charge is -2.32. The quantitative estimate of drug-likeness (QED) is 0.699. The Labute approximate surface area is 178 Å². The zero-order valence-corrected chi connectivity index (χ0v) is 18.5. The summed E-state index contributed by atoms with van der Waals surface area (Å²) in [5, 5.41) is 0. The summed E-state index contributed by atoms with van der Waals surface area (Å²) in [5.41, 5.74) is 2.42. The van der Waals surface area contributed by atoms with Crippen molar-refractivity contribution in [3.63, 3.8) is 0 Å². The van der Waals surface area contributed by atoms with E-state index in [9.17, 15) is 4.79 Å². The highest BCUT2D eigenvalue weighted by atomic mass is 16.6. The van der Waals surface area contributed by atoms with Crippen LogP contribution in [0.15, 0.2) is 12.2 Å². The van der Waals surface area contributed by atoms with Crippen LogP contribution in [0.3, 0.4) is 0 Å². The first-order chi connectivity index (χ1) is 14.2. The van der Waals surface area contributed by atoms with Crippen molar-refractivity contribution in [1.82, 2.24) is 19.8 Å². The Morgan fingerprint density at radius 2 is 2.03 bits per heavy atom. The summed E-state index contributed by atoms with van der Waals surface area (Å²) >= 11 is 0. The van der Waals surface area contributed by atoms with Gasteiger partial charge >= 0.3 is 12.1 Å². The maximum absolute atomic E-state index is 12.5. The van der Waals surface area contributed by atoms with E-state index in [1.807, 2.05) is 20.8 Å². The Hall–Kier alpha value is -2.35. The molecule has 0 radical (unpaired) electrons. The van der Waals surface area contributed by atoms with Crippen LogP contribution in [-0.4, -0.2) is 70.4 Å². The molecular weight excluding hydrogens is 384 g/mol. The highest BCUT2D eigenvalue weighted by molar-refractivity contribution is 5.68. The number of hydrogen-bond donors (Lipinski definition) is 0. The number of rotatable bonds is 4. The first-order valence-corrected chi connectivity index (χ1v) is 10.7. The van der Waals surface area contributed by atoms with Crippen LogP contribution in [0.4, 0.5) is 4.79 Å². The van der Waals surface area contributed by atoms with Gasteiger partial charge in [-0.1, -0.05) is 12.2 Å². The topological polar surface area (TPSA) is 77.0 Å². The van der Waals surface area contributed by atoms with Gasteiger partial charge in [0.05, 0.1) is 24.9 Å². The van der Waals surface area contributed by atoms with E-state index in [-0.39, 0.29) is 11.6 Å². The van der Waals surface area contributed by atoms with Gasteiger partial charge in [-0.25, -0.2) is 4.79 Å². The highest BCUT2D eigenvalue weighted by Gasteiger charge is 2.46. The maximum Gasteiger partial charge on any atom is 0.410 e. The average Bonchev–Trinajstić information content (AvgIpc) is 3.19. The minimum atomic E-state index is -0.535. The molecule has 0 bridgehead atoms. The van der Waals surface area contributed by atoms with Crippen molar-refractivity contribution in [2.45, 2.75) is 64.1 Å². The standard InChI is InChI=1S/C22H32N4O4/c1-15-11-22(8-6-9-26(22)12-15)14-29-19-23-17-13-25(20(27)30-21(2,3)4)10-7-16(17)18(24-19)28-5/h1,6-14H2,2-5H3. The lowest BCUT2D eigenvalue weighted by atomic mass is 9.94. The molecule has 8 nitrogen and oxygen atoms in total. The minimum absolute atomic E-state index is 0.00608. The summed E-state index contributed by atoms with van der Waals surface area (Å²) in [4.78, 5) is 25.8. The molecule has 0 aliphatic carbocycles. The first-order valence-electron chi connectivity index (χ1n) is 10.7. The number of fused-ring (bicyclic) bond motifs is 2. The number of methoxy groups -OCH3 is 1. The molecule has 1 aromatic rings. The fraction of sp³-hybridized carbons (Fsp3) is 0.682. The van der Waals surface area contributed by atoms with E-state index in [1.165, 1.54) is 12.0 Å². The molecule has 1 atom stereocenters. The zero-order chi connectivity index (χ0) is 21.5. The van der Waals surface area contributed by atoms with Crippen molar-refractivity contribution in [3.8, 4) is 11.9 Å². The van der Waals surface area contributed by atoms with Crippen molar-refractivity contribution < 1.29 is 19.0 Å². The summed E-state index contributed by atoms with van der Waals surface area (Å²) in [6.45, 7) is 13.2. The predicted molar refractivity (Wildman–Crippen MR) is 112 cm³/mol. The summed E-state index contributed by atoms with van der Waals surface area (Å²) < 4.78 is 17.1. The van der Waals surface area contributed by atoms with E-state index in [0.29, 0.717) is 38.0 Å². The fourth-order valence-corrected chi connectivity index (χ4v) is 4.74. The van der Waals surface area contributed by atoms with Crippen molar-refractivity contribution in [2.24, 2.45) is 0 Å². The molecule has 0 N–H and O–H groups in total. The largest absolute Gasteiger partial charge is 0.481 e. The highest BCUT2D eigenvalue weighted by Crippen LogP contribution is 2.41. The smallest absolute Gasteiger partial charge is 0.410 e. The SMILES string of the molecule is C=C1CN2CCCC2(COc2nc3c(c(OC)n2)CCN(C(=O)OC(C)(C)C)C3)C1. The monoisotopic (exact) mass is 416 g/mol. The number of ether oxygens (including phenoxy) is 3. The number of aromatic nitrogens is 2. The lowest BCUT2D eigenvalue weighted by Crippen LogP contribution is -2.43. The van der Waals surface area contributed by atoms with E-state index >= 15 is 0 Å². The molecule has 30 heavy (non-hydrogen) atoms. The van der Waals surface area contributed by atoms with Gasteiger partial charge in [-0.3, -0.25) is 4.90 Å². The van der Waals surface area contributed by atoms with Gasteiger partial charge in [0.25, 0.3) is 0 Å². The molecule has 1 unspecified atom stereocenters. The molecule has 0 saturated carbocycles. The number of carbonyl (C=O) groups excluding carboxylic acids is 1. The van der Waals surface area contributed by atoms with E-state index < -0.39 is 5.60 Å². The van der Waals surface area contributed by atoms with Crippen LogP contribution < -0.4 is 9.47 Å². The first kappa shape index (κ1) is 20.9. The molecular formula is C22H32N4O4. The molecule has 3 aliphatic rings. The van der Waals surface area contributed by atoms with Crippen molar-refractivity contribution in [2.75, 3.05) is 33.4 Å². The van der Waals surface area contributed by atoms with Gasteiger partial charge in [-0.05, 0) is 53.0 Å². The van der Waals surface area contributed by atoms with Gasteiger partial charge in [0.15, 0.2) is 0 Å². The summed E-state index contributed by atoms with van der Waals surface area (Å²) in [6, 6.07) is 0.301. The normalized spacial score (nSPS) is 23.9. The van der Waals surface area contributed by atoms with E-state index in [2.05, 4.69) is 21.4 Å². The van der Waals surface area contributed by atoms with Crippen molar-refractivity contribution in [3.05, 3.63) is 23.4 Å². The van der Waals surface area contributed by atoms with Crippen LogP contribution >= 0.6 is 0 Å². The van der Waals surface area contributed by atoms with Gasteiger partial charge in [-0.2, -0.15) is 9.97 Å². The molecule has 3 aliphatic heterocycles. The Kier molecular flexibility index (Phi) is 5.38. The molecule has 4 rings (SSSR count). The number of hydrogen-bond acceptors (Lipinski definition) is 7. The number of carbonyl (C=O) groups is 1. The van der Waals surface area contributed by atoms with Gasteiger partial charge in [0, 0.05) is 18.7 Å². The molecule has 164 valence electrons. The van der Waals surface area contributed by atoms with E-state index in [4.69, 9.17) is 14.2 Å².